The number of benzene rings is 2. The van der Waals surface area contributed by atoms with Crippen molar-refractivity contribution in [3.05, 3.63) is 79.4 Å². The van der Waals surface area contributed by atoms with Gasteiger partial charge in [0.25, 0.3) is 5.56 Å². The smallest absolute Gasteiger partial charge is 0.331 e. The zero-order valence-corrected chi connectivity index (χ0v) is 17.0. The van der Waals surface area contributed by atoms with E-state index >= 15 is 0 Å². The monoisotopic (exact) mass is 441 g/mol. The van der Waals surface area contributed by atoms with Crippen molar-refractivity contribution in [2.45, 2.75) is 38.4 Å². The van der Waals surface area contributed by atoms with E-state index in [2.05, 4.69) is 21.2 Å². The Balaban J connectivity index is 1.67. The molecule has 1 amide bonds. The van der Waals surface area contributed by atoms with Gasteiger partial charge in [-0.2, -0.15) is 0 Å². The van der Waals surface area contributed by atoms with Gasteiger partial charge in [0.15, 0.2) is 0 Å². The molecule has 1 N–H and O–H groups in total. The molecule has 4 rings (SSSR count). The first kappa shape index (κ1) is 18.7. The minimum Gasteiger partial charge on any atom is -0.345 e. The second kappa shape index (κ2) is 7.05. The van der Waals surface area contributed by atoms with Crippen LogP contribution in [0, 0.1) is 0 Å². The molecule has 0 radical (unpaired) electrons. The molecule has 0 unspecified atom stereocenters. The van der Waals surface area contributed by atoms with Crippen LogP contribution in [0.3, 0.4) is 0 Å². The van der Waals surface area contributed by atoms with Crippen LogP contribution in [-0.4, -0.2) is 15.0 Å². The van der Waals surface area contributed by atoms with Gasteiger partial charge in [0.2, 0.25) is 5.91 Å². The lowest BCUT2D eigenvalue weighted by Crippen LogP contribution is -2.44. The molecule has 1 heterocycles. The van der Waals surface area contributed by atoms with E-state index in [9.17, 15) is 14.4 Å². The van der Waals surface area contributed by atoms with Crippen molar-refractivity contribution in [3.8, 4) is 0 Å². The number of aromatic nitrogens is 2. The first-order chi connectivity index (χ1) is 13.4. The van der Waals surface area contributed by atoms with E-state index in [1.807, 2.05) is 24.3 Å². The molecule has 1 saturated carbocycles. The average Bonchev–Trinajstić information content (AvgIpc) is 3.46. The topological polar surface area (TPSA) is 73.1 Å². The maximum Gasteiger partial charge on any atom is 0.331 e. The predicted molar refractivity (Wildman–Crippen MR) is 111 cm³/mol. The minimum atomic E-state index is -0.463. The highest BCUT2D eigenvalue weighted by atomic mass is 79.9. The van der Waals surface area contributed by atoms with Crippen molar-refractivity contribution in [2.24, 2.45) is 0 Å². The molecule has 1 fully saturated rings. The highest BCUT2D eigenvalue weighted by Crippen LogP contribution is 2.45. The summed E-state index contributed by atoms with van der Waals surface area (Å²) in [5, 5.41) is 3.53. The normalized spacial score (nSPS) is 14.8. The van der Waals surface area contributed by atoms with Crippen molar-refractivity contribution in [3.63, 3.8) is 0 Å². The molecular weight excluding hydrogens is 422 g/mol. The molecule has 6 nitrogen and oxygen atoms in total. The number of carbonyl (C=O) groups is 1. The Labute approximate surface area is 169 Å². The molecule has 28 heavy (non-hydrogen) atoms. The van der Waals surface area contributed by atoms with Crippen LogP contribution in [-0.2, 0) is 23.4 Å². The number of nitrogens with zero attached hydrogens (tertiary/aromatic N) is 2. The quantitative estimate of drug-likeness (QED) is 0.661. The average molecular weight is 442 g/mol. The second-order valence-corrected chi connectivity index (χ2v) is 7.99. The molecule has 0 atom stereocenters. The van der Waals surface area contributed by atoms with Crippen molar-refractivity contribution < 1.29 is 4.79 Å². The van der Waals surface area contributed by atoms with Crippen molar-refractivity contribution in [2.75, 3.05) is 0 Å². The van der Waals surface area contributed by atoms with E-state index in [0.717, 1.165) is 27.4 Å². The largest absolute Gasteiger partial charge is 0.345 e. The van der Waals surface area contributed by atoms with Gasteiger partial charge in [-0.1, -0.05) is 40.2 Å². The Morgan fingerprint density at radius 3 is 2.39 bits per heavy atom. The van der Waals surface area contributed by atoms with Crippen molar-refractivity contribution >= 4 is 32.7 Å². The van der Waals surface area contributed by atoms with Crippen LogP contribution in [0.4, 0.5) is 0 Å². The predicted octanol–water partition coefficient (Wildman–Crippen LogP) is 2.75. The standard InChI is InChI=1S/C21H20BrN3O3/c1-2-24-19(27)16-5-3-4-6-17(16)25(20(24)28)13-18(26)23-21(11-12-21)14-7-9-15(22)10-8-14/h3-10H,2,11-13H2,1H3,(H,23,26). The number of fused-ring (bicyclic) bond motifs is 1. The number of hydrogen-bond acceptors (Lipinski definition) is 3. The summed E-state index contributed by atoms with van der Waals surface area (Å²) in [6.07, 6.45) is 1.73. The second-order valence-electron chi connectivity index (χ2n) is 7.07. The van der Waals surface area contributed by atoms with Crippen molar-refractivity contribution in [1.82, 2.24) is 14.5 Å². The van der Waals surface area contributed by atoms with E-state index in [1.54, 1.807) is 31.2 Å². The third-order valence-electron chi connectivity index (χ3n) is 5.28. The number of halogens is 1. The molecule has 0 aliphatic heterocycles. The first-order valence-corrected chi connectivity index (χ1v) is 10.0. The maximum atomic E-state index is 12.8. The molecule has 0 bridgehead atoms. The Morgan fingerprint density at radius 2 is 1.75 bits per heavy atom. The lowest BCUT2D eigenvalue weighted by atomic mass is 10.1. The van der Waals surface area contributed by atoms with Gasteiger partial charge in [-0.15, -0.1) is 0 Å². The number of nitrogens with one attached hydrogen (secondary N) is 1. The summed E-state index contributed by atoms with van der Waals surface area (Å²) in [5.74, 6) is -0.242. The van der Waals surface area contributed by atoms with Crippen LogP contribution in [0.5, 0.6) is 0 Å². The van der Waals surface area contributed by atoms with Crippen LogP contribution in [0.1, 0.15) is 25.3 Å². The molecule has 0 spiro atoms. The summed E-state index contributed by atoms with van der Waals surface area (Å²) in [7, 11) is 0. The van der Waals surface area contributed by atoms with E-state index in [1.165, 1.54) is 4.57 Å². The van der Waals surface area contributed by atoms with Crippen LogP contribution >= 0.6 is 15.9 Å². The van der Waals surface area contributed by atoms with Crippen LogP contribution in [0.25, 0.3) is 10.9 Å². The fourth-order valence-electron chi connectivity index (χ4n) is 3.63. The number of amides is 1. The fraction of sp³-hybridized carbons (Fsp3) is 0.286. The van der Waals surface area contributed by atoms with Gasteiger partial charge in [0.05, 0.1) is 16.4 Å². The summed E-state index contributed by atoms with van der Waals surface area (Å²) >= 11 is 3.42. The van der Waals surface area contributed by atoms with Gasteiger partial charge in [-0.05, 0) is 49.6 Å². The SMILES string of the molecule is CCn1c(=O)c2ccccc2n(CC(=O)NC2(c3ccc(Br)cc3)CC2)c1=O. The number of rotatable bonds is 5. The highest BCUT2D eigenvalue weighted by Gasteiger charge is 2.45. The van der Waals surface area contributed by atoms with Crippen LogP contribution in [0.2, 0.25) is 0 Å². The first-order valence-electron chi connectivity index (χ1n) is 9.24. The molecule has 2 aromatic carbocycles. The minimum absolute atomic E-state index is 0.127. The molecule has 7 heteroatoms. The van der Waals surface area contributed by atoms with E-state index in [-0.39, 0.29) is 30.1 Å². The van der Waals surface area contributed by atoms with Crippen LogP contribution in [0.15, 0.2) is 62.6 Å². The molecular formula is C21H20BrN3O3. The summed E-state index contributed by atoms with van der Waals surface area (Å²) in [5.41, 5.74) is 0.380. The summed E-state index contributed by atoms with van der Waals surface area (Å²) in [4.78, 5) is 38.1. The third kappa shape index (κ3) is 3.20. The summed E-state index contributed by atoms with van der Waals surface area (Å²) in [6.45, 7) is 1.87. The van der Waals surface area contributed by atoms with Gasteiger partial charge in [0, 0.05) is 11.0 Å². The number of hydrogen-bond donors (Lipinski definition) is 1. The van der Waals surface area contributed by atoms with Gasteiger partial charge in [-0.3, -0.25) is 18.7 Å². The van der Waals surface area contributed by atoms with E-state index < -0.39 is 5.69 Å². The van der Waals surface area contributed by atoms with Gasteiger partial charge in [0.1, 0.15) is 6.54 Å². The summed E-state index contributed by atoms with van der Waals surface area (Å²) in [6, 6.07) is 14.8. The number of carbonyl (C=O) groups excluding carboxylic acids is 1. The summed E-state index contributed by atoms with van der Waals surface area (Å²) < 4.78 is 3.53. The van der Waals surface area contributed by atoms with E-state index in [0.29, 0.717) is 10.9 Å². The molecule has 0 saturated heterocycles. The zero-order chi connectivity index (χ0) is 19.9. The fourth-order valence-corrected chi connectivity index (χ4v) is 3.90. The molecule has 1 aliphatic rings. The van der Waals surface area contributed by atoms with E-state index in [4.69, 9.17) is 0 Å². The van der Waals surface area contributed by atoms with Gasteiger partial charge in [-0.25, -0.2) is 4.79 Å². The number of para-hydroxylation sites is 1. The molecule has 1 aromatic heterocycles. The Kier molecular flexibility index (Phi) is 4.71. The Morgan fingerprint density at radius 1 is 1.07 bits per heavy atom. The molecule has 3 aromatic rings. The molecule has 144 valence electrons. The highest BCUT2D eigenvalue weighted by molar-refractivity contribution is 9.10. The third-order valence-corrected chi connectivity index (χ3v) is 5.80. The maximum absolute atomic E-state index is 12.8. The van der Waals surface area contributed by atoms with Crippen LogP contribution < -0.4 is 16.6 Å². The zero-order valence-electron chi connectivity index (χ0n) is 15.4. The van der Waals surface area contributed by atoms with Crippen molar-refractivity contribution in [1.29, 1.82) is 0 Å². The lowest BCUT2D eigenvalue weighted by Gasteiger charge is -2.19. The lowest BCUT2D eigenvalue weighted by molar-refractivity contribution is -0.122. The Bertz CT molecular complexity index is 1170. The Hall–Kier alpha value is -2.67. The van der Waals surface area contributed by atoms with Gasteiger partial charge < -0.3 is 5.32 Å². The molecule has 1 aliphatic carbocycles. The van der Waals surface area contributed by atoms with Gasteiger partial charge >= 0.3 is 5.69 Å².